The Morgan fingerprint density at radius 2 is 1.62 bits per heavy atom. The highest BCUT2D eigenvalue weighted by atomic mass is 19.1. The van der Waals surface area contributed by atoms with Crippen LogP contribution in [0.15, 0.2) is 18.2 Å². The van der Waals surface area contributed by atoms with Gasteiger partial charge in [0.2, 0.25) is 5.91 Å². The summed E-state index contributed by atoms with van der Waals surface area (Å²) in [6.07, 6.45) is 7.84. The van der Waals surface area contributed by atoms with E-state index in [1.807, 2.05) is 0 Å². The van der Waals surface area contributed by atoms with Gasteiger partial charge in [0.25, 0.3) is 5.91 Å². The lowest BCUT2D eigenvalue weighted by Crippen LogP contribution is -2.50. The van der Waals surface area contributed by atoms with E-state index >= 15 is 0 Å². The molecule has 2 fully saturated rings. The first-order chi connectivity index (χ1) is 12.5. The van der Waals surface area contributed by atoms with Crippen LogP contribution in [0.2, 0.25) is 0 Å². The van der Waals surface area contributed by atoms with E-state index < -0.39 is 17.5 Å². The highest BCUT2D eigenvalue weighted by Gasteiger charge is 2.27. The zero-order valence-electron chi connectivity index (χ0n) is 15.1. The fraction of sp³-hybridized carbons (Fsp3) is 0.600. The lowest BCUT2D eigenvalue weighted by atomic mass is 9.86. The van der Waals surface area contributed by atoms with Crippen LogP contribution in [0.5, 0.6) is 0 Å². The van der Waals surface area contributed by atoms with E-state index in [2.05, 4.69) is 0 Å². The minimum atomic E-state index is -0.720. The molecule has 142 valence electrons. The molecule has 0 radical (unpaired) electrons. The minimum absolute atomic E-state index is 0.139. The van der Waals surface area contributed by atoms with Gasteiger partial charge in [0.15, 0.2) is 0 Å². The van der Waals surface area contributed by atoms with Crippen molar-refractivity contribution in [1.82, 2.24) is 9.80 Å². The number of rotatable bonds is 4. The second-order valence-corrected chi connectivity index (χ2v) is 7.34. The quantitative estimate of drug-likeness (QED) is 0.819. The summed E-state index contributed by atoms with van der Waals surface area (Å²) < 4.78 is 27.1. The average Bonchev–Trinajstić information content (AvgIpc) is 2.68. The van der Waals surface area contributed by atoms with Gasteiger partial charge in [0.05, 0.1) is 5.56 Å². The van der Waals surface area contributed by atoms with Crippen molar-refractivity contribution in [2.75, 3.05) is 26.2 Å². The van der Waals surface area contributed by atoms with Gasteiger partial charge in [-0.2, -0.15) is 0 Å². The molecule has 26 heavy (non-hydrogen) atoms. The lowest BCUT2D eigenvalue weighted by molar-refractivity contribution is -0.133. The smallest absolute Gasteiger partial charge is 0.257 e. The Bertz CT molecular complexity index is 651. The Morgan fingerprint density at radius 1 is 0.962 bits per heavy atom. The van der Waals surface area contributed by atoms with Crippen LogP contribution in [0.25, 0.3) is 0 Å². The van der Waals surface area contributed by atoms with Crippen molar-refractivity contribution in [3.8, 4) is 0 Å². The zero-order chi connectivity index (χ0) is 18.5. The standard InChI is InChI=1S/C20H26F2N2O2/c21-16-7-8-18(22)17(14-16)20(26)24-12-10-23(11-13-24)19(25)9-6-15-4-2-1-3-5-15/h7-8,14-15H,1-6,9-13H2. The maximum atomic E-state index is 13.8. The third kappa shape index (κ3) is 4.59. The summed E-state index contributed by atoms with van der Waals surface area (Å²) in [7, 11) is 0. The minimum Gasteiger partial charge on any atom is -0.339 e. The summed E-state index contributed by atoms with van der Waals surface area (Å²) in [5, 5.41) is 0. The van der Waals surface area contributed by atoms with Crippen molar-refractivity contribution in [2.24, 2.45) is 5.92 Å². The molecule has 6 heteroatoms. The monoisotopic (exact) mass is 364 g/mol. The molecule has 3 rings (SSSR count). The highest BCUT2D eigenvalue weighted by Crippen LogP contribution is 2.27. The number of carbonyl (C=O) groups is 2. The molecule has 1 aliphatic heterocycles. The molecule has 0 unspecified atom stereocenters. The van der Waals surface area contributed by atoms with Crippen LogP contribution in [0.4, 0.5) is 8.78 Å². The molecular formula is C20H26F2N2O2. The van der Waals surface area contributed by atoms with Crippen molar-refractivity contribution >= 4 is 11.8 Å². The van der Waals surface area contributed by atoms with Gasteiger partial charge in [-0.15, -0.1) is 0 Å². The molecule has 1 aromatic carbocycles. The van der Waals surface area contributed by atoms with E-state index in [-0.39, 0.29) is 11.5 Å². The number of piperazine rings is 1. The summed E-state index contributed by atoms with van der Waals surface area (Å²) in [4.78, 5) is 28.1. The number of hydrogen-bond donors (Lipinski definition) is 0. The third-order valence-electron chi connectivity index (χ3n) is 5.57. The van der Waals surface area contributed by atoms with E-state index in [0.29, 0.717) is 38.5 Å². The first-order valence-electron chi connectivity index (χ1n) is 9.56. The molecule has 1 heterocycles. The summed E-state index contributed by atoms with van der Waals surface area (Å²) in [5.41, 5.74) is -0.248. The van der Waals surface area contributed by atoms with Gasteiger partial charge in [0.1, 0.15) is 11.6 Å². The number of amides is 2. The highest BCUT2D eigenvalue weighted by molar-refractivity contribution is 5.94. The summed E-state index contributed by atoms with van der Waals surface area (Å²) in [5.74, 6) is -1.06. The molecule has 1 saturated carbocycles. The molecule has 4 nitrogen and oxygen atoms in total. The van der Waals surface area contributed by atoms with Crippen LogP contribution in [-0.4, -0.2) is 47.8 Å². The average molecular weight is 364 g/mol. The van der Waals surface area contributed by atoms with Crippen LogP contribution in [0.1, 0.15) is 55.3 Å². The maximum Gasteiger partial charge on any atom is 0.257 e. The molecule has 0 atom stereocenters. The molecule has 0 N–H and O–H groups in total. The van der Waals surface area contributed by atoms with E-state index in [1.54, 1.807) is 4.90 Å². The molecule has 2 aliphatic rings. The van der Waals surface area contributed by atoms with Gasteiger partial charge in [-0.05, 0) is 30.5 Å². The number of halogens is 2. The van der Waals surface area contributed by atoms with Crippen LogP contribution in [0.3, 0.4) is 0 Å². The van der Waals surface area contributed by atoms with E-state index in [4.69, 9.17) is 0 Å². The molecule has 0 bridgehead atoms. The topological polar surface area (TPSA) is 40.6 Å². The van der Waals surface area contributed by atoms with Crippen molar-refractivity contribution in [2.45, 2.75) is 44.9 Å². The van der Waals surface area contributed by atoms with Crippen molar-refractivity contribution in [3.63, 3.8) is 0 Å². The fourth-order valence-corrected chi connectivity index (χ4v) is 3.95. The van der Waals surface area contributed by atoms with E-state index in [1.165, 1.54) is 37.0 Å². The van der Waals surface area contributed by atoms with Crippen molar-refractivity contribution in [1.29, 1.82) is 0 Å². The van der Waals surface area contributed by atoms with E-state index in [9.17, 15) is 18.4 Å². The Balaban J connectivity index is 1.48. The predicted molar refractivity (Wildman–Crippen MR) is 94.7 cm³/mol. The summed E-state index contributed by atoms with van der Waals surface area (Å²) in [6.45, 7) is 1.60. The second kappa shape index (κ2) is 8.60. The zero-order valence-corrected chi connectivity index (χ0v) is 15.1. The van der Waals surface area contributed by atoms with Gasteiger partial charge in [0, 0.05) is 32.6 Å². The largest absolute Gasteiger partial charge is 0.339 e. The van der Waals surface area contributed by atoms with Gasteiger partial charge < -0.3 is 9.80 Å². The molecule has 1 saturated heterocycles. The molecule has 0 aromatic heterocycles. The van der Waals surface area contributed by atoms with Crippen molar-refractivity contribution < 1.29 is 18.4 Å². The second-order valence-electron chi connectivity index (χ2n) is 7.34. The van der Waals surface area contributed by atoms with Crippen LogP contribution >= 0.6 is 0 Å². The van der Waals surface area contributed by atoms with Gasteiger partial charge in [-0.3, -0.25) is 9.59 Å². The number of hydrogen-bond acceptors (Lipinski definition) is 2. The van der Waals surface area contributed by atoms with Crippen LogP contribution in [-0.2, 0) is 4.79 Å². The fourth-order valence-electron chi connectivity index (χ4n) is 3.95. The van der Waals surface area contributed by atoms with Crippen LogP contribution < -0.4 is 0 Å². The molecule has 1 aromatic rings. The molecule has 0 spiro atoms. The Kier molecular flexibility index (Phi) is 6.22. The number of nitrogens with zero attached hydrogens (tertiary/aromatic N) is 2. The normalized spacial score (nSPS) is 18.8. The SMILES string of the molecule is O=C(CCC1CCCCC1)N1CCN(C(=O)c2cc(F)ccc2F)CC1. The number of benzene rings is 1. The summed E-state index contributed by atoms with van der Waals surface area (Å²) >= 11 is 0. The maximum absolute atomic E-state index is 13.8. The molecular weight excluding hydrogens is 338 g/mol. The van der Waals surface area contributed by atoms with Gasteiger partial charge in [-0.25, -0.2) is 8.78 Å². The lowest BCUT2D eigenvalue weighted by Gasteiger charge is -2.35. The molecule has 2 amide bonds. The Hall–Kier alpha value is -1.98. The first-order valence-corrected chi connectivity index (χ1v) is 9.56. The Morgan fingerprint density at radius 3 is 2.31 bits per heavy atom. The first kappa shape index (κ1) is 18.8. The van der Waals surface area contributed by atoms with Gasteiger partial charge >= 0.3 is 0 Å². The van der Waals surface area contributed by atoms with Gasteiger partial charge in [-0.1, -0.05) is 32.1 Å². The van der Waals surface area contributed by atoms with Crippen molar-refractivity contribution in [3.05, 3.63) is 35.4 Å². The Labute approximate surface area is 153 Å². The van der Waals surface area contributed by atoms with Crippen LogP contribution in [0, 0.1) is 17.6 Å². The third-order valence-corrected chi connectivity index (χ3v) is 5.57. The predicted octanol–water partition coefficient (Wildman–Crippen LogP) is 3.61. The number of carbonyl (C=O) groups excluding carboxylic acids is 2. The molecule has 1 aliphatic carbocycles. The summed E-state index contributed by atoms with van der Waals surface area (Å²) in [6, 6.07) is 2.89. The van der Waals surface area contributed by atoms with E-state index in [0.717, 1.165) is 24.6 Å².